The maximum Gasteiger partial charge on any atom is 0.500 e. The van der Waals surface area contributed by atoms with Gasteiger partial charge in [0.2, 0.25) is 5.43 Å². The molecular weight excluding hydrogens is 378 g/mol. The van der Waals surface area contributed by atoms with Crippen molar-refractivity contribution in [1.82, 2.24) is 0 Å². The van der Waals surface area contributed by atoms with Crippen LogP contribution in [-0.2, 0) is 13.3 Å². The van der Waals surface area contributed by atoms with Gasteiger partial charge in [0.25, 0.3) is 0 Å². The quantitative estimate of drug-likeness (QED) is 0.239. The molecule has 0 aliphatic carbocycles. The van der Waals surface area contributed by atoms with E-state index in [0.29, 0.717) is 49.9 Å². The summed E-state index contributed by atoms with van der Waals surface area (Å²) < 4.78 is 18.3. The lowest BCUT2D eigenvalue weighted by Gasteiger charge is -2.28. The highest BCUT2D eigenvalue weighted by molar-refractivity contribution is 6.60. The predicted octanol–water partition coefficient (Wildman–Crippen LogP) is -0.374. The zero-order valence-electron chi connectivity index (χ0n) is 18.4. The van der Waals surface area contributed by atoms with Crippen molar-refractivity contribution < 1.29 is 28.2 Å². The molecule has 1 aromatic carbocycles. The van der Waals surface area contributed by atoms with E-state index in [2.05, 4.69) is 26.1 Å². The lowest BCUT2D eigenvalue weighted by atomic mass is 10.2. The molecule has 0 radical (unpaired) electrons. The molecule has 9 heteroatoms. The molecule has 0 heterocycles. The van der Waals surface area contributed by atoms with Crippen LogP contribution in [0.4, 0.5) is 5.69 Å². The third-order valence-electron chi connectivity index (χ3n) is 4.31. The van der Waals surface area contributed by atoms with Gasteiger partial charge in [-0.1, -0.05) is 0 Å². The summed E-state index contributed by atoms with van der Waals surface area (Å²) in [5, 5.41) is 14.0. The van der Waals surface area contributed by atoms with E-state index in [1.807, 2.05) is 26.1 Å². The van der Waals surface area contributed by atoms with E-state index in [1.54, 1.807) is 0 Å². The Labute approximate surface area is 169 Å². The average molecular weight is 417 g/mol. The first-order valence-corrected chi connectivity index (χ1v) is 12.2. The average Bonchev–Trinajstić information content (AvgIpc) is 2.62. The van der Waals surface area contributed by atoms with Crippen LogP contribution in [0.2, 0.25) is 6.04 Å². The third-order valence-corrected chi connectivity index (χ3v) is 7.46. The summed E-state index contributed by atoms with van der Waals surface area (Å²) in [4.78, 5) is 16.3. The predicted molar refractivity (Wildman–Crippen MR) is 109 cm³/mol. The van der Waals surface area contributed by atoms with Crippen molar-refractivity contribution in [3.8, 4) is 5.75 Å². The molecule has 0 amide bonds. The van der Waals surface area contributed by atoms with E-state index in [4.69, 9.17) is 13.3 Å². The summed E-state index contributed by atoms with van der Waals surface area (Å²) >= 11 is 0. The molecule has 0 aliphatic heterocycles. The molecule has 1 aromatic rings. The molecule has 2 N–H and O–H groups in total. The minimum absolute atomic E-state index is 0.326. The first-order valence-electron chi connectivity index (χ1n) is 10.3. The van der Waals surface area contributed by atoms with Crippen LogP contribution < -0.4 is 21.2 Å². The lowest BCUT2D eigenvalue weighted by Crippen LogP contribution is -2.82. The van der Waals surface area contributed by atoms with Crippen molar-refractivity contribution in [2.75, 3.05) is 60.6 Å². The monoisotopic (exact) mass is 416 g/mol. The van der Waals surface area contributed by atoms with Gasteiger partial charge in [-0.3, -0.25) is 9.79 Å². The highest BCUT2D eigenvalue weighted by Gasteiger charge is 2.39. The fourth-order valence-corrected chi connectivity index (χ4v) is 5.64. The Bertz CT molecular complexity index is 648. The largest absolute Gasteiger partial charge is 0.866 e. The highest BCUT2D eigenvalue weighted by atomic mass is 28.4. The van der Waals surface area contributed by atoms with Gasteiger partial charge >= 0.3 is 8.80 Å². The van der Waals surface area contributed by atoms with Gasteiger partial charge in [0.15, 0.2) is 11.0 Å². The number of hydrogen-bond acceptors (Lipinski definition) is 6. The van der Waals surface area contributed by atoms with Crippen LogP contribution in [0, 0.1) is 0 Å². The molecule has 0 aliphatic rings. The van der Waals surface area contributed by atoms with Gasteiger partial charge in [0.05, 0.1) is 34.2 Å². The van der Waals surface area contributed by atoms with E-state index in [9.17, 15) is 9.90 Å². The van der Waals surface area contributed by atoms with Crippen molar-refractivity contribution in [3.63, 3.8) is 0 Å². The summed E-state index contributed by atoms with van der Waals surface area (Å²) in [6.07, 6.45) is 1.65. The van der Waals surface area contributed by atoms with Crippen LogP contribution in [0.5, 0.6) is 5.75 Å². The van der Waals surface area contributed by atoms with E-state index < -0.39 is 20.0 Å². The third kappa shape index (κ3) is 7.73. The Balaban J connectivity index is 2.64. The van der Waals surface area contributed by atoms with Gasteiger partial charge in [0.1, 0.15) is 0 Å². The van der Waals surface area contributed by atoms with E-state index in [0.717, 1.165) is 24.0 Å². The summed E-state index contributed by atoms with van der Waals surface area (Å²) in [7, 11) is 3.71. The van der Waals surface area contributed by atoms with Crippen molar-refractivity contribution in [2.24, 2.45) is 4.99 Å². The number of quaternary nitrogens is 2. The minimum atomic E-state index is -2.69. The fraction of sp³-hybridized carbons (Fsp3) is 0.789. The Morgan fingerprint density at radius 1 is 1.04 bits per heavy atom. The summed E-state index contributed by atoms with van der Waals surface area (Å²) in [6.45, 7) is 9.62. The van der Waals surface area contributed by atoms with Crippen molar-refractivity contribution in [2.45, 2.75) is 39.7 Å². The normalized spacial score (nSPS) is 13.6. The Morgan fingerprint density at radius 2 is 1.61 bits per heavy atom. The first-order chi connectivity index (χ1) is 13.2. The molecule has 0 atom stereocenters. The SMILES string of the molecule is CCO[Si](CCCN=c1c([NH2+]CCC[N+](C)(C)C)c([O-])c1=O)(OCC)OCC. The zero-order valence-corrected chi connectivity index (χ0v) is 19.4. The molecule has 8 nitrogen and oxygen atoms in total. The van der Waals surface area contributed by atoms with Gasteiger partial charge in [0, 0.05) is 44.6 Å². The maximum absolute atomic E-state index is 11.9. The standard InChI is InChI=1S/C19H37N3O5Si/c1-7-25-28(26-8-2,27-9-3)15-11-13-21-17-16(18(23)19(17)24)20-12-10-14-22(4,5)6/h7-15H2,1-6H3,(H-,20,21,23,24)/p+1. The summed E-state index contributed by atoms with van der Waals surface area (Å²) in [6, 6.07) is 0.643. The van der Waals surface area contributed by atoms with Gasteiger partial charge in [-0.05, 0) is 27.2 Å². The highest BCUT2D eigenvalue weighted by Crippen LogP contribution is 2.18. The van der Waals surface area contributed by atoms with Gasteiger partial charge in [-0.15, -0.1) is 0 Å². The van der Waals surface area contributed by atoms with Gasteiger partial charge in [-0.25, -0.2) is 0 Å². The van der Waals surface area contributed by atoms with E-state index in [-0.39, 0.29) is 0 Å². The smallest absolute Gasteiger partial charge is 0.500 e. The van der Waals surface area contributed by atoms with E-state index >= 15 is 0 Å². The summed E-state index contributed by atoms with van der Waals surface area (Å²) in [5.74, 6) is -0.411. The second-order valence-electron chi connectivity index (χ2n) is 7.75. The maximum atomic E-state index is 11.9. The molecule has 0 spiro atoms. The summed E-state index contributed by atoms with van der Waals surface area (Å²) in [5.41, 5.74) is 0.00938. The minimum Gasteiger partial charge on any atom is -0.866 e. The van der Waals surface area contributed by atoms with Gasteiger partial charge in [-0.2, -0.15) is 0 Å². The molecule has 0 aromatic heterocycles. The fourth-order valence-electron chi connectivity index (χ4n) is 3.04. The molecular formula is C19H38N3O5Si+. The molecule has 28 heavy (non-hydrogen) atoms. The van der Waals surface area contributed by atoms with Crippen molar-refractivity contribution >= 4 is 14.5 Å². The Kier molecular flexibility index (Phi) is 10.5. The number of nitrogens with two attached hydrogens (primary N) is 1. The second kappa shape index (κ2) is 11.8. The van der Waals surface area contributed by atoms with Crippen LogP contribution in [-0.4, -0.2) is 73.9 Å². The molecule has 0 fully saturated rings. The Morgan fingerprint density at radius 3 is 2.11 bits per heavy atom. The molecule has 1 rings (SSSR count). The van der Waals surface area contributed by atoms with Crippen molar-refractivity contribution in [3.05, 3.63) is 15.6 Å². The van der Waals surface area contributed by atoms with Crippen LogP contribution >= 0.6 is 0 Å². The van der Waals surface area contributed by atoms with Crippen LogP contribution in [0.3, 0.4) is 0 Å². The molecule has 0 unspecified atom stereocenters. The first kappa shape index (κ1) is 24.9. The molecule has 162 valence electrons. The number of rotatable bonds is 15. The second-order valence-corrected chi connectivity index (χ2v) is 10.5. The van der Waals surface area contributed by atoms with Crippen molar-refractivity contribution in [1.29, 1.82) is 0 Å². The number of hydrogen-bond donors (Lipinski definition) is 1. The van der Waals surface area contributed by atoms with Crippen LogP contribution in [0.1, 0.15) is 33.6 Å². The van der Waals surface area contributed by atoms with Crippen LogP contribution in [0.15, 0.2) is 9.79 Å². The zero-order chi connectivity index (χ0) is 21.2. The van der Waals surface area contributed by atoms with Crippen LogP contribution in [0.25, 0.3) is 0 Å². The van der Waals surface area contributed by atoms with E-state index in [1.165, 1.54) is 0 Å². The molecule has 0 saturated heterocycles. The molecule has 0 saturated carbocycles. The molecule has 0 bridgehead atoms. The number of nitrogens with zero attached hydrogens (tertiary/aromatic N) is 2. The topological polar surface area (TPSA) is 96.8 Å². The van der Waals surface area contributed by atoms with Gasteiger partial charge < -0.3 is 28.2 Å². The Hall–Kier alpha value is -1.10. The lowest BCUT2D eigenvalue weighted by molar-refractivity contribution is -0.871.